The molecule has 2 rings (SSSR count). The summed E-state index contributed by atoms with van der Waals surface area (Å²) in [4.78, 5) is 4.53. The quantitative estimate of drug-likeness (QED) is 0.851. The first-order valence-corrected chi connectivity index (χ1v) is 6.33. The zero-order valence-corrected chi connectivity index (χ0v) is 11.6. The van der Waals surface area contributed by atoms with Gasteiger partial charge in [0.05, 0.1) is 5.56 Å². The molecule has 6 heteroatoms. The number of rotatable bonds is 4. The second-order valence-electron chi connectivity index (χ2n) is 4.32. The predicted octanol–water partition coefficient (Wildman–Crippen LogP) is 2.91. The summed E-state index contributed by atoms with van der Waals surface area (Å²) < 4.78 is 26.0. The number of aryl methyl sites for hydroxylation is 1. The van der Waals surface area contributed by atoms with Crippen LogP contribution >= 0.6 is 12.2 Å². The molecular formula is C14H13F2N3S. The number of pyridine rings is 1. The molecule has 0 atom stereocenters. The van der Waals surface area contributed by atoms with Crippen molar-refractivity contribution in [1.29, 1.82) is 0 Å². The zero-order valence-electron chi connectivity index (χ0n) is 10.8. The lowest BCUT2D eigenvalue weighted by molar-refractivity contribution is 0.507. The summed E-state index contributed by atoms with van der Waals surface area (Å²) in [6, 6.07) is 7.31. The molecule has 0 unspecified atom stereocenters. The number of nitrogens with zero attached hydrogens (tertiary/aromatic N) is 1. The van der Waals surface area contributed by atoms with Crippen LogP contribution in [0.2, 0.25) is 0 Å². The highest BCUT2D eigenvalue weighted by molar-refractivity contribution is 7.80. The topological polar surface area (TPSA) is 50.9 Å². The van der Waals surface area contributed by atoms with E-state index in [-0.39, 0.29) is 4.99 Å². The third-order valence-corrected chi connectivity index (χ3v) is 2.96. The van der Waals surface area contributed by atoms with Gasteiger partial charge in [-0.15, -0.1) is 0 Å². The maximum atomic E-state index is 13.1. The summed E-state index contributed by atoms with van der Waals surface area (Å²) in [6.45, 7) is 2.13. The van der Waals surface area contributed by atoms with E-state index in [0.29, 0.717) is 23.5 Å². The lowest BCUT2D eigenvalue weighted by Crippen LogP contribution is -2.15. The molecule has 104 valence electrons. The van der Waals surface area contributed by atoms with Crippen LogP contribution in [0.5, 0.6) is 0 Å². The SMILES string of the molecule is Cc1ccc(C(N)=S)c(NCc2ccc(F)c(F)c2)n1. The van der Waals surface area contributed by atoms with Crippen LogP contribution in [0.1, 0.15) is 16.8 Å². The Balaban J connectivity index is 2.20. The van der Waals surface area contributed by atoms with Crippen LogP contribution in [0.3, 0.4) is 0 Å². The molecule has 0 bridgehead atoms. The third-order valence-electron chi connectivity index (χ3n) is 2.74. The molecule has 2 aromatic rings. The second kappa shape index (κ2) is 5.92. The minimum atomic E-state index is -0.879. The van der Waals surface area contributed by atoms with Gasteiger partial charge < -0.3 is 11.1 Å². The van der Waals surface area contributed by atoms with E-state index in [1.165, 1.54) is 6.07 Å². The average Bonchev–Trinajstić information content (AvgIpc) is 2.40. The smallest absolute Gasteiger partial charge is 0.159 e. The second-order valence-corrected chi connectivity index (χ2v) is 4.75. The van der Waals surface area contributed by atoms with Crippen LogP contribution in [-0.4, -0.2) is 9.97 Å². The van der Waals surface area contributed by atoms with Crippen molar-refractivity contribution in [3.8, 4) is 0 Å². The Morgan fingerprint density at radius 2 is 2.00 bits per heavy atom. The third kappa shape index (κ3) is 3.27. The van der Waals surface area contributed by atoms with E-state index in [2.05, 4.69) is 10.3 Å². The molecule has 20 heavy (non-hydrogen) atoms. The first-order chi connectivity index (χ1) is 9.47. The first-order valence-electron chi connectivity index (χ1n) is 5.92. The van der Waals surface area contributed by atoms with Crippen molar-refractivity contribution in [2.45, 2.75) is 13.5 Å². The molecule has 0 saturated carbocycles. The number of aromatic nitrogens is 1. The lowest BCUT2D eigenvalue weighted by Gasteiger charge is -2.11. The van der Waals surface area contributed by atoms with Gasteiger partial charge in [-0.25, -0.2) is 13.8 Å². The number of nitrogens with two attached hydrogens (primary N) is 1. The Morgan fingerprint density at radius 3 is 2.65 bits per heavy atom. The van der Waals surface area contributed by atoms with E-state index in [9.17, 15) is 8.78 Å². The number of hydrogen-bond acceptors (Lipinski definition) is 3. The maximum Gasteiger partial charge on any atom is 0.159 e. The molecule has 3 nitrogen and oxygen atoms in total. The van der Waals surface area contributed by atoms with Gasteiger partial charge in [0.2, 0.25) is 0 Å². The molecule has 0 spiro atoms. The average molecular weight is 293 g/mol. The van der Waals surface area contributed by atoms with Gasteiger partial charge in [0.15, 0.2) is 11.6 Å². The summed E-state index contributed by atoms with van der Waals surface area (Å²) >= 11 is 4.95. The lowest BCUT2D eigenvalue weighted by atomic mass is 10.2. The van der Waals surface area contributed by atoms with Gasteiger partial charge in [-0.2, -0.15) is 0 Å². The molecule has 1 aromatic carbocycles. The zero-order chi connectivity index (χ0) is 14.7. The molecule has 0 aliphatic heterocycles. The van der Waals surface area contributed by atoms with Gasteiger partial charge in [-0.1, -0.05) is 18.3 Å². The van der Waals surface area contributed by atoms with Crippen molar-refractivity contribution in [3.05, 3.63) is 58.8 Å². The van der Waals surface area contributed by atoms with Gasteiger partial charge in [0.1, 0.15) is 10.8 Å². The van der Waals surface area contributed by atoms with Crippen LogP contribution < -0.4 is 11.1 Å². The monoisotopic (exact) mass is 293 g/mol. The fraction of sp³-hybridized carbons (Fsp3) is 0.143. The normalized spacial score (nSPS) is 10.3. The molecule has 0 amide bonds. The molecule has 0 radical (unpaired) electrons. The molecule has 1 aromatic heterocycles. The van der Waals surface area contributed by atoms with Gasteiger partial charge in [-0.05, 0) is 36.8 Å². The highest BCUT2D eigenvalue weighted by Crippen LogP contribution is 2.15. The summed E-state index contributed by atoms with van der Waals surface area (Å²) in [7, 11) is 0. The maximum absolute atomic E-state index is 13.1. The minimum Gasteiger partial charge on any atom is -0.389 e. The fourth-order valence-electron chi connectivity index (χ4n) is 1.73. The van der Waals surface area contributed by atoms with Crippen LogP contribution in [0.4, 0.5) is 14.6 Å². The van der Waals surface area contributed by atoms with Crippen molar-refractivity contribution >= 4 is 23.0 Å². The minimum absolute atomic E-state index is 0.227. The number of thiocarbonyl (C=S) groups is 1. The molecular weight excluding hydrogens is 280 g/mol. The van der Waals surface area contributed by atoms with E-state index in [1.807, 2.05) is 6.92 Å². The van der Waals surface area contributed by atoms with Crippen LogP contribution in [0.25, 0.3) is 0 Å². The van der Waals surface area contributed by atoms with Gasteiger partial charge in [0.25, 0.3) is 0 Å². The van der Waals surface area contributed by atoms with Gasteiger partial charge in [-0.3, -0.25) is 0 Å². The Labute approximate surface area is 120 Å². The van der Waals surface area contributed by atoms with Gasteiger partial charge in [0, 0.05) is 12.2 Å². The van der Waals surface area contributed by atoms with Crippen molar-refractivity contribution < 1.29 is 8.78 Å². The highest BCUT2D eigenvalue weighted by atomic mass is 32.1. The molecule has 0 aliphatic rings. The Kier molecular flexibility index (Phi) is 4.24. The number of nitrogens with one attached hydrogen (secondary N) is 1. The predicted molar refractivity (Wildman–Crippen MR) is 78.5 cm³/mol. The van der Waals surface area contributed by atoms with Crippen molar-refractivity contribution in [3.63, 3.8) is 0 Å². The fourth-order valence-corrected chi connectivity index (χ4v) is 1.89. The summed E-state index contributed by atoms with van der Waals surface area (Å²) in [6.07, 6.45) is 0. The van der Waals surface area contributed by atoms with Gasteiger partial charge >= 0.3 is 0 Å². The van der Waals surface area contributed by atoms with E-state index < -0.39 is 11.6 Å². The Hall–Kier alpha value is -2.08. The largest absolute Gasteiger partial charge is 0.389 e. The summed E-state index contributed by atoms with van der Waals surface area (Å²) in [5.41, 5.74) is 7.64. The molecule has 3 N–H and O–H groups in total. The van der Waals surface area contributed by atoms with E-state index in [0.717, 1.165) is 17.8 Å². The molecule has 0 aliphatic carbocycles. The Bertz CT molecular complexity index is 659. The van der Waals surface area contributed by atoms with Crippen molar-refractivity contribution in [2.24, 2.45) is 5.73 Å². The van der Waals surface area contributed by atoms with E-state index in [1.54, 1.807) is 12.1 Å². The highest BCUT2D eigenvalue weighted by Gasteiger charge is 2.08. The molecule has 0 fully saturated rings. The van der Waals surface area contributed by atoms with Crippen molar-refractivity contribution in [1.82, 2.24) is 4.98 Å². The van der Waals surface area contributed by atoms with Crippen LogP contribution in [0.15, 0.2) is 30.3 Å². The number of halogens is 2. The summed E-state index contributed by atoms with van der Waals surface area (Å²) in [5, 5.41) is 3.03. The van der Waals surface area contributed by atoms with Crippen molar-refractivity contribution in [2.75, 3.05) is 5.32 Å². The first kappa shape index (κ1) is 14.3. The van der Waals surface area contributed by atoms with E-state index >= 15 is 0 Å². The standard InChI is InChI=1S/C14H13F2N3S/c1-8-2-4-10(13(17)20)14(19-8)18-7-9-3-5-11(15)12(16)6-9/h2-6H,7H2,1H3,(H2,17,20)(H,18,19). The summed E-state index contributed by atoms with van der Waals surface area (Å²) in [5.74, 6) is -1.22. The molecule has 0 saturated heterocycles. The Morgan fingerprint density at radius 1 is 1.25 bits per heavy atom. The number of anilines is 1. The van der Waals surface area contributed by atoms with Crippen LogP contribution in [0, 0.1) is 18.6 Å². The van der Waals surface area contributed by atoms with Crippen LogP contribution in [-0.2, 0) is 6.54 Å². The number of benzene rings is 1. The van der Waals surface area contributed by atoms with E-state index in [4.69, 9.17) is 18.0 Å². The number of hydrogen-bond donors (Lipinski definition) is 2. The molecule has 1 heterocycles.